The van der Waals surface area contributed by atoms with E-state index in [0.29, 0.717) is 17.0 Å². The second kappa shape index (κ2) is 7.01. The van der Waals surface area contributed by atoms with Gasteiger partial charge in [0.05, 0.1) is 24.2 Å². The van der Waals surface area contributed by atoms with Crippen LogP contribution in [0.5, 0.6) is 0 Å². The highest BCUT2D eigenvalue weighted by Crippen LogP contribution is 2.51. The summed E-state index contributed by atoms with van der Waals surface area (Å²) in [6.45, 7) is 1.82. The van der Waals surface area contributed by atoms with Crippen LogP contribution in [0.15, 0.2) is 24.3 Å². The van der Waals surface area contributed by atoms with Crippen molar-refractivity contribution in [1.82, 2.24) is 0 Å². The number of hydrogen-bond acceptors (Lipinski definition) is 7. The Morgan fingerprint density at radius 2 is 2.00 bits per heavy atom. The quantitative estimate of drug-likeness (QED) is 0.668. The Labute approximate surface area is 183 Å². The van der Waals surface area contributed by atoms with Crippen molar-refractivity contribution >= 4 is 22.9 Å². The van der Waals surface area contributed by atoms with E-state index in [9.17, 15) is 20.6 Å². The molecule has 30 heavy (non-hydrogen) atoms. The number of fused-ring (bicyclic) bond motifs is 2. The molecule has 3 aliphatic rings. The van der Waals surface area contributed by atoms with E-state index in [0.717, 1.165) is 33.7 Å². The van der Waals surface area contributed by atoms with Crippen molar-refractivity contribution in [2.75, 3.05) is 0 Å². The van der Waals surface area contributed by atoms with E-state index in [1.807, 2.05) is 24.3 Å². The zero-order valence-corrected chi connectivity index (χ0v) is 17.9. The maximum atomic E-state index is 10.7. The van der Waals surface area contributed by atoms with Gasteiger partial charge in [-0.05, 0) is 55.2 Å². The molecule has 3 heterocycles. The fourth-order valence-electron chi connectivity index (χ4n) is 4.40. The van der Waals surface area contributed by atoms with Gasteiger partial charge in [-0.15, -0.1) is 11.3 Å². The summed E-state index contributed by atoms with van der Waals surface area (Å²) >= 11 is 8.17. The minimum absolute atomic E-state index is 0.190. The van der Waals surface area contributed by atoms with Crippen LogP contribution in [0.25, 0.3) is 0 Å². The Kier molecular flexibility index (Phi) is 4.77. The maximum absolute atomic E-state index is 10.7. The van der Waals surface area contributed by atoms with Gasteiger partial charge in [0.2, 0.25) is 5.79 Å². The highest BCUT2D eigenvalue weighted by atomic mass is 35.5. The van der Waals surface area contributed by atoms with Crippen LogP contribution in [0.4, 0.5) is 0 Å². The molecule has 1 spiro atoms. The summed E-state index contributed by atoms with van der Waals surface area (Å²) < 4.78 is 11.8. The number of nitriles is 1. The van der Waals surface area contributed by atoms with Gasteiger partial charge in [-0.3, -0.25) is 0 Å². The molecule has 6 nitrogen and oxygen atoms in total. The van der Waals surface area contributed by atoms with Crippen molar-refractivity contribution in [2.24, 2.45) is 0 Å². The van der Waals surface area contributed by atoms with Crippen LogP contribution >= 0.6 is 22.9 Å². The Bertz CT molecular complexity index is 1040. The molecule has 1 aromatic heterocycles. The normalized spacial score (nSPS) is 34.0. The van der Waals surface area contributed by atoms with Crippen LogP contribution in [-0.2, 0) is 33.7 Å². The molecule has 5 atom stereocenters. The van der Waals surface area contributed by atoms with Gasteiger partial charge < -0.3 is 24.8 Å². The molecule has 8 heteroatoms. The lowest BCUT2D eigenvalue weighted by Gasteiger charge is -2.45. The van der Waals surface area contributed by atoms with Gasteiger partial charge in [0.1, 0.15) is 18.3 Å². The number of benzene rings is 1. The van der Waals surface area contributed by atoms with Gasteiger partial charge in [-0.1, -0.05) is 11.6 Å². The first-order valence-electron chi connectivity index (χ1n) is 9.98. The second-order valence-corrected chi connectivity index (χ2v) is 10.0. The highest BCUT2D eigenvalue weighted by molar-refractivity contribution is 7.12. The maximum Gasteiger partial charge on any atom is 0.225 e. The van der Waals surface area contributed by atoms with Gasteiger partial charge in [-0.2, -0.15) is 5.26 Å². The summed E-state index contributed by atoms with van der Waals surface area (Å²) in [4.78, 5) is 2.18. The molecular formula is C22H22ClNO5S. The van der Waals surface area contributed by atoms with Gasteiger partial charge in [0.15, 0.2) is 0 Å². The smallest absolute Gasteiger partial charge is 0.225 e. The number of nitrogens with zero attached hydrogens (tertiary/aromatic N) is 1. The lowest BCUT2D eigenvalue weighted by Crippen LogP contribution is -2.62. The standard InChI is InChI=1S/C22H22ClNO5S/c1-11-18(25)19(26)20(27)22(29-11)15-7-12(16(23)8-13(15)9-28-22)6-14-2-3-17(30-14)21(10-24)4-5-21/h2-3,7-8,11,18-20,25-27H,4-6,9H2,1H3/t11-,18-,19+,20-,22+/m1/s1. The van der Waals surface area contributed by atoms with E-state index in [2.05, 4.69) is 6.07 Å². The summed E-state index contributed by atoms with van der Waals surface area (Å²) in [5.41, 5.74) is 1.95. The molecule has 2 fully saturated rings. The molecule has 0 bridgehead atoms. The lowest BCUT2D eigenvalue weighted by molar-refractivity contribution is -0.362. The van der Waals surface area contributed by atoms with Gasteiger partial charge in [-0.25, -0.2) is 0 Å². The molecular weight excluding hydrogens is 426 g/mol. The Hall–Kier alpha value is -1.50. The Morgan fingerprint density at radius 1 is 1.23 bits per heavy atom. The zero-order valence-electron chi connectivity index (χ0n) is 16.3. The molecule has 0 unspecified atom stereocenters. The monoisotopic (exact) mass is 447 g/mol. The first-order valence-corrected chi connectivity index (χ1v) is 11.2. The molecule has 2 aliphatic heterocycles. The number of aliphatic hydroxyl groups excluding tert-OH is 3. The number of hydrogen-bond donors (Lipinski definition) is 3. The predicted octanol–water partition coefficient (Wildman–Crippen LogP) is 2.73. The molecule has 2 aromatic rings. The largest absolute Gasteiger partial charge is 0.388 e. The Balaban J connectivity index is 1.49. The topological polar surface area (TPSA) is 103 Å². The summed E-state index contributed by atoms with van der Waals surface area (Å²) in [5, 5.41) is 41.1. The SMILES string of the molecule is C[C@H]1O[C@]2(OCc3cc(Cl)c(Cc4ccc(C5(C#N)CC5)s4)cc32)[C@H](O)[C@@H](O)[C@@H]1O. The van der Waals surface area contributed by atoms with Crippen molar-refractivity contribution in [1.29, 1.82) is 5.26 Å². The average Bonchev–Trinajstić information content (AvgIpc) is 3.27. The van der Waals surface area contributed by atoms with Gasteiger partial charge in [0.25, 0.3) is 0 Å². The zero-order chi connectivity index (χ0) is 21.3. The second-order valence-electron chi connectivity index (χ2n) is 8.44. The van der Waals surface area contributed by atoms with E-state index >= 15 is 0 Å². The molecule has 1 saturated heterocycles. The van der Waals surface area contributed by atoms with Crippen LogP contribution in [0.3, 0.4) is 0 Å². The minimum atomic E-state index is -1.54. The fraction of sp³-hybridized carbons (Fsp3) is 0.500. The van der Waals surface area contributed by atoms with E-state index in [1.54, 1.807) is 18.3 Å². The molecule has 158 valence electrons. The number of aliphatic hydroxyl groups is 3. The molecule has 0 radical (unpaired) electrons. The van der Waals surface area contributed by atoms with Crippen LogP contribution in [0.1, 0.15) is 46.2 Å². The van der Waals surface area contributed by atoms with Crippen molar-refractivity contribution in [3.63, 3.8) is 0 Å². The van der Waals surface area contributed by atoms with Crippen molar-refractivity contribution in [2.45, 2.75) is 68.4 Å². The third-order valence-corrected chi connectivity index (χ3v) is 8.10. The number of ether oxygens (including phenoxy) is 2. The highest BCUT2D eigenvalue weighted by Gasteiger charge is 2.57. The first-order chi connectivity index (χ1) is 14.3. The predicted molar refractivity (Wildman–Crippen MR) is 110 cm³/mol. The molecule has 3 N–H and O–H groups in total. The average molecular weight is 448 g/mol. The summed E-state index contributed by atoms with van der Waals surface area (Å²) in [6, 6.07) is 10.2. The Morgan fingerprint density at radius 3 is 2.70 bits per heavy atom. The van der Waals surface area contributed by atoms with Crippen molar-refractivity contribution < 1.29 is 24.8 Å². The third-order valence-electron chi connectivity index (χ3n) is 6.46. The van der Waals surface area contributed by atoms with E-state index in [-0.39, 0.29) is 12.0 Å². The van der Waals surface area contributed by atoms with Gasteiger partial charge >= 0.3 is 0 Å². The molecule has 1 saturated carbocycles. The summed E-state index contributed by atoms with van der Waals surface area (Å²) in [6.07, 6.45) is -2.35. The van der Waals surface area contributed by atoms with Crippen molar-refractivity contribution in [3.8, 4) is 6.07 Å². The van der Waals surface area contributed by atoms with Crippen LogP contribution in [0.2, 0.25) is 5.02 Å². The van der Waals surface area contributed by atoms with Crippen molar-refractivity contribution in [3.05, 3.63) is 55.7 Å². The fourth-order valence-corrected chi connectivity index (χ4v) is 5.88. The van der Waals surface area contributed by atoms with Crippen LogP contribution < -0.4 is 0 Å². The van der Waals surface area contributed by atoms with E-state index in [4.69, 9.17) is 21.1 Å². The van der Waals surface area contributed by atoms with E-state index < -0.39 is 30.2 Å². The molecule has 0 amide bonds. The molecule has 1 aliphatic carbocycles. The van der Waals surface area contributed by atoms with Gasteiger partial charge in [0, 0.05) is 26.8 Å². The first kappa shape index (κ1) is 20.4. The number of rotatable bonds is 3. The molecule has 5 rings (SSSR count). The van der Waals surface area contributed by atoms with Crippen LogP contribution in [0, 0.1) is 11.3 Å². The third kappa shape index (κ3) is 2.94. The summed E-state index contributed by atoms with van der Waals surface area (Å²) in [5.74, 6) is -1.54. The summed E-state index contributed by atoms with van der Waals surface area (Å²) in [7, 11) is 0. The number of thiophene rings is 1. The lowest BCUT2D eigenvalue weighted by atomic mass is 9.87. The minimum Gasteiger partial charge on any atom is -0.388 e. The van der Waals surface area contributed by atoms with Crippen LogP contribution in [-0.4, -0.2) is 39.7 Å². The molecule has 1 aromatic carbocycles. The van der Waals surface area contributed by atoms with E-state index in [1.165, 1.54) is 0 Å². The number of halogens is 1.